The minimum Gasteiger partial charge on any atom is -0.342 e. The van der Waals surface area contributed by atoms with Crippen molar-refractivity contribution in [3.05, 3.63) is 0 Å². The summed E-state index contributed by atoms with van der Waals surface area (Å²) in [7, 11) is 0. The van der Waals surface area contributed by atoms with Crippen molar-refractivity contribution in [1.82, 2.24) is 10.2 Å². The Bertz CT molecular complexity index is 317. The smallest absolute Gasteiger partial charge is 0.222 e. The third kappa shape index (κ3) is 3.13. The quantitative estimate of drug-likeness (QED) is 0.831. The number of piperidine rings is 1. The minimum atomic E-state index is 0.417. The van der Waals surface area contributed by atoms with Crippen LogP contribution >= 0.6 is 0 Å². The molecule has 3 rings (SSSR count). The first kappa shape index (κ1) is 13.4. The van der Waals surface area contributed by atoms with Gasteiger partial charge in [0.15, 0.2) is 0 Å². The van der Waals surface area contributed by atoms with Crippen LogP contribution in [0.1, 0.15) is 57.8 Å². The summed E-state index contributed by atoms with van der Waals surface area (Å²) >= 11 is 0. The normalized spacial score (nSPS) is 32.9. The monoisotopic (exact) mass is 264 g/mol. The highest BCUT2D eigenvalue weighted by molar-refractivity contribution is 5.76. The fraction of sp³-hybridized carbons (Fsp3) is 0.938. The fourth-order valence-corrected chi connectivity index (χ4v) is 4.29. The molecule has 1 amide bonds. The molecule has 108 valence electrons. The average Bonchev–Trinajstić information content (AvgIpc) is 2.85. The molecule has 2 heterocycles. The first-order valence-electron chi connectivity index (χ1n) is 8.26. The number of hydrogen-bond acceptors (Lipinski definition) is 2. The van der Waals surface area contributed by atoms with Crippen LogP contribution in [-0.4, -0.2) is 37.0 Å². The van der Waals surface area contributed by atoms with Crippen LogP contribution in [0.2, 0.25) is 0 Å². The summed E-state index contributed by atoms with van der Waals surface area (Å²) in [6, 6.07) is 0. The molecule has 19 heavy (non-hydrogen) atoms. The van der Waals surface area contributed by atoms with Crippen LogP contribution in [0.15, 0.2) is 0 Å². The molecule has 1 aliphatic carbocycles. The standard InChI is InChI=1S/C16H28N2O/c19-15(11-14-5-2-1-3-6-14)18-10-8-16(13-18)7-4-9-17-12-16/h14,17H,1-13H2. The van der Waals surface area contributed by atoms with E-state index in [9.17, 15) is 4.79 Å². The molecular formula is C16H28N2O. The first-order chi connectivity index (χ1) is 9.27. The van der Waals surface area contributed by atoms with Gasteiger partial charge in [-0.1, -0.05) is 19.3 Å². The van der Waals surface area contributed by atoms with Crippen molar-refractivity contribution in [3.63, 3.8) is 0 Å². The Hall–Kier alpha value is -0.570. The maximum absolute atomic E-state index is 12.4. The molecule has 1 spiro atoms. The van der Waals surface area contributed by atoms with E-state index in [1.165, 1.54) is 51.4 Å². The number of hydrogen-bond donors (Lipinski definition) is 1. The Morgan fingerprint density at radius 2 is 2.00 bits per heavy atom. The second-order valence-electron chi connectivity index (χ2n) is 7.05. The van der Waals surface area contributed by atoms with Crippen molar-refractivity contribution in [2.24, 2.45) is 11.3 Å². The molecule has 2 aliphatic heterocycles. The molecule has 0 radical (unpaired) electrons. The Balaban J connectivity index is 1.50. The van der Waals surface area contributed by atoms with E-state index in [4.69, 9.17) is 0 Å². The third-order valence-corrected chi connectivity index (χ3v) is 5.54. The van der Waals surface area contributed by atoms with Crippen molar-refractivity contribution in [3.8, 4) is 0 Å². The van der Waals surface area contributed by atoms with E-state index < -0.39 is 0 Å². The van der Waals surface area contributed by atoms with Gasteiger partial charge >= 0.3 is 0 Å². The van der Waals surface area contributed by atoms with Gasteiger partial charge in [0.2, 0.25) is 5.91 Å². The lowest BCUT2D eigenvalue weighted by molar-refractivity contribution is -0.131. The van der Waals surface area contributed by atoms with Crippen molar-refractivity contribution in [2.45, 2.75) is 57.8 Å². The van der Waals surface area contributed by atoms with Gasteiger partial charge in [-0.25, -0.2) is 0 Å². The van der Waals surface area contributed by atoms with Crippen LogP contribution in [0, 0.1) is 11.3 Å². The Morgan fingerprint density at radius 1 is 1.16 bits per heavy atom. The SMILES string of the molecule is O=C(CC1CCCCC1)N1CCC2(CCCNC2)C1. The lowest BCUT2D eigenvalue weighted by Gasteiger charge is -2.34. The highest BCUT2D eigenvalue weighted by Gasteiger charge is 2.40. The molecule has 3 fully saturated rings. The van der Waals surface area contributed by atoms with Crippen LogP contribution in [-0.2, 0) is 4.79 Å². The summed E-state index contributed by atoms with van der Waals surface area (Å²) < 4.78 is 0. The molecule has 3 nitrogen and oxygen atoms in total. The molecular weight excluding hydrogens is 236 g/mol. The van der Waals surface area contributed by atoms with Crippen molar-refractivity contribution < 1.29 is 4.79 Å². The number of amides is 1. The molecule has 1 saturated carbocycles. The van der Waals surface area contributed by atoms with Crippen molar-refractivity contribution in [1.29, 1.82) is 0 Å². The maximum atomic E-state index is 12.4. The van der Waals surface area contributed by atoms with E-state index in [0.29, 0.717) is 17.2 Å². The molecule has 0 aromatic carbocycles. The van der Waals surface area contributed by atoms with Crippen LogP contribution in [0.25, 0.3) is 0 Å². The molecule has 0 bridgehead atoms. The van der Waals surface area contributed by atoms with E-state index in [0.717, 1.165) is 32.6 Å². The number of nitrogens with zero attached hydrogens (tertiary/aromatic N) is 1. The molecule has 1 unspecified atom stereocenters. The Labute approximate surface area is 117 Å². The summed E-state index contributed by atoms with van der Waals surface area (Å²) in [5, 5.41) is 3.52. The first-order valence-corrected chi connectivity index (χ1v) is 8.26. The van der Waals surface area contributed by atoms with Gasteiger partial charge in [0.05, 0.1) is 0 Å². The van der Waals surface area contributed by atoms with Gasteiger partial charge in [-0.05, 0) is 44.6 Å². The summed E-state index contributed by atoms with van der Waals surface area (Å²) in [5.74, 6) is 1.12. The molecule has 3 heteroatoms. The number of carbonyl (C=O) groups is 1. The van der Waals surface area contributed by atoms with Gasteiger partial charge < -0.3 is 10.2 Å². The summed E-state index contributed by atoms with van der Waals surface area (Å²) in [6.45, 7) is 4.32. The highest BCUT2D eigenvalue weighted by atomic mass is 16.2. The number of carbonyl (C=O) groups excluding carboxylic acids is 1. The molecule has 1 N–H and O–H groups in total. The maximum Gasteiger partial charge on any atom is 0.222 e. The van der Waals surface area contributed by atoms with Gasteiger partial charge in [-0.15, -0.1) is 0 Å². The Kier molecular flexibility index (Phi) is 4.11. The number of likely N-dealkylation sites (tertiary alicyclic amines) is 1. The molecule has 0 aromatic rings. The van der Waals surface area contributed by atoms with E-state index >= 15 is 0 Å². The lowest BCUT2D eigenvalue weighted by atomic mass is 9.80. The van der Waals surface area contributed by atoms with Crippen LogP contribution < -0.4 is 5.32 Å². The molecule has 0 aromatic heterocycles. The zero-order chi connectivity index (χ0) is 13.1. The van der Waals surface area contributed by atoms with Gasteiger partial charge in [0.25, 0.3) is 0 Å². The van der Waals surface area contributed by atoms with Gasteiger partial charge in [-0.2, -0.15) is 0 Å². The average molecular weight is 264 g/mol. The Morgan fingerprint density at radius 3 is 2.74 bits per heavy atom. The van der Waals surface area contributed by atoms with E-state index in [1.807, 2.05) is 0 Å². The fourth-order valence-electron chi connectivity index (χ4n) is 4.29. The van der Waals surface area contributed by atoms with E-state index in [2.05, 4.69) is 10.2 Å². The van der Waals surface area contributed by atoms with Crippen LogP contribution in [0.5, 0.6) is 0 Å². The molecule has 2 saturated heterocycles. The minimum absolute atomic E-state index is 0.417. The topological polar surface area (TPSA) is 32.3 Å². The second-order valence-corrected chi connectivity index (χ2v) is 7.05. The predicted octanol–water partition coefficient (Wildman–Crippen LogP) is 2.56. The summed E-state index contributed by atoms with van der Waals surface area (Å²) in [6.07, 6.45) is 11.3. The van der Waals surface area contributed by atoms with Crippen LogP contribution in [0.4, 0.5) is 0 Å². The predicted molar refractivity (Wildman–Crippen MR) is 76.9 cm³/mol. The lowest BCUT2D eigenvalue weighted by Crippen LogP contribution is -2.42. The van der Waals surface area contributed by atoms with Gasteiger partial charge in [-0.3, -0.25) is 4.79 Å². The van der Waals surface area contributed by atoms with E-state index in [-0.39, 0.29) is 0 Å². The second kappa shape index (κ2) is 5.82. The van der Waals surface area contributed by atoms with Crippen molar-refractivity contribution in [2.75, 3.05) is 26.2 Å². The zero-order valence-corrected chi connectivity index (χ0v) is 12.1. The largest absolute Gasteiger partial charge is 0.342 e. The third-order valence-electron chi connectivity index (χ3n) is 5.54. The molecule has 3 aliphatic rings. The van der Waals surface area contributed by atoms with Crippen molar-refractivity contribution >= 4 is 5.91 Å². The van der Waals surface area contributed by atoms with Gasteiger partial charge in [0, 0.05) is 31.5 Å². The molecule has 1 atom stereocenters. The van der Waals surface area contributed by atoms with Gasteiger partial charge in [0.1, 0.15) is 0 Å². The summed E-state index contributed by atoms with van der Waals surface area (Å²) in [4.78, 5) is 14.6. The number of nitrogens with one attached hydrogen (secondary N) is 1. The zero-order valence-electron chi connectivity index (χ0n) is 12.1. The van der Waals surface area contributed by atoms with E-state index in [1.54, 1.807) is 0 Å². The van der Waals surface area contributed by atoms with Crippen LogP contribution in [0.3, 0.4) is 0 Å². The highest BCUT2D eigenvalue weighted by Crippen LogP contribution is 2.37. The summed E-state index contributed by atoms with van der Waals surface area (Å²) in [5.41, 5.74) is 0.417. The number of rotatable bonds is 2.